The van der Waals surface area contributed by atoms with Crippen molar-refractivity contribution in [2.24, 2.45) is 0 Å². The van der Waals surface area contributed by atoms with Gasteiger partial charge < -0.3 is 9.47 Å². The van der Waals surface area contributed by atoms with Crippen molar-refractivity contribution < 1.29 is 45.0 Å². The van der Waals surface area contributed by atoms with Gasteiger partial charge in [0.15, 0.2) is 11.6 Å². The van der Waals surface area contributed by atoms with Crippen LogP contribution in [-0.2, 0) is 6.42 Å². The van der Waals surface area contributed by atoms with Crippen molar-refractivity contribution in [2.45, 2.75) is 26.1 Å². The van der Waals surface area contributed by atoms with E-state index in [0.717, 1.165) is 30.3 Å². The molecule has 0 saturated heterocycles. The number of alkyl halides is 3. The molecule has 0 unspecified atom stereocenters. The highest BCUT2D eigenvalue weighted by molar-refractivity contribution is 5.93. The fourth-order valence-electron chi connectivity index (χ4n) is 2.97. The van der Waals surface area contributed by atoms with Gasteiger partial charge in [-0.15, -0.1) is 13.2 Å². The highest BCUT2D eigenvalue weighted by Crippen LogP contribution is 2.35. The lowest BCUT2D eigenvalue weighted by molar-refractivity contribution is -0.276. The van der Waals surface area contributed by atoms with Gasteiger partial charge in [0.2, 0.25) is 5.75 Å². The molecule has 0 aliphatic carbocycles. The Hall–Kier alpha value is -3.30. The van der Waals surface area contributed by atoms with Gasteiger partial charge in [0.1, 0.15) is 22.9 Å². The minimum absolute atomic E-state index is 0.269. The molecular formula is C21H13F7O3. The summed E-state index contributed by atoms with van der Waals surface area (Å²) in [5, 5.41) is -0.726. The Bertz CT molecular complexity index is 1130. The van der Waals surface area contributed by atoms with E-state index in [-0.39, 0.29) is 11.1 Å². The molecule has 3 aromatic carbocycles. The summed E-state index contributed by atoms with van der Waals surface area (Å²) in [7, 11) is 0. The van der Waals surface area contributed by atoms with Gasteiger partial charge in [0.05, 0.1) is 0 Å². The van der Waals surface area contributed by atoms with Gasteiger partial charge in [-0.25, -0.2) is 22.4 Å². The zero-order valence-corrected chi connectivity index (χ0v) is 15.7. The molecule has 0 amide bonds. The summed E-state index contributed by atoms with van der Waals surface area (Å²) in [6.45, 7) is 1.81. The SMILES string of the molecule is CCCc1cc(F)c(C(=O)Oc2ccc3c(F)c(OC(F)(F)F)c(F)cc3c2)c(F)c1. The van der Waals surface area contributed by atoms with Gasteiger partial charge in [-0.2, -0.15) is 0 Å². The van der Waals surface area contributed by atoms with Crippen LogP contribution in [0.3, 0.4) is 0 Å². The average Bonchev–Trinajstić information content (AvgIpc) is 2.64. The number of esters is 1. The van der Waals surface area contributed by atoms with E-state index in [9.17, 15) is 35.5 Å². The zero-order valence-electron chi connectivity index (χ0n) is 15.7. The van der Waals surface area contributed by atoms with E-state index in [2.05, 4.69) is 4.74 Å². The lowest BCUT2D eigenvalue weighted by Crippen LogP contribution is -2.19. The number of benzene rings is 3. The van der Waals surface area contributed by atoms with Crippen molar-refractivity contribution in [1.82, 2.24) is 0 Å². The molecule has 3 rings (SSSR count). The molecule has 0 spiro atoms. The van der Waals surface area contributed by atoms with Crippen molar-refractivity contribution in [2.75, 3.05) is 0 Å². The smallest absolute Gasteiger partial charge is 0.423 e. The largest absolute Gasteiger partial charge is 0.573 e. The summed E-state index contributed by atoms with van der Waals surface area (Å²) in [6.07, 6.45) is -4.29. The first-order valence-corrected chi connectivity index (χ1v) is 8.87. The van der Waals surface area contributed by atoms with E-state index in [1.54, 1.807) is 0 Å². The maximum Gasteiger partial charge on any atom is 0.573 e. The summed E-state index contributed by atoms with van der Waals surface area (Å²) < 4.78 is 102. The monoisotopic (exact) mass is 446 g/mol. The quantitative estimate of drug-likeness (QED) is 0.256. The molecule has 164 valence electrons. The molecule has 0 atom stereocenters. The minimum Gasteiger partial charge on any atom is -0.423 e. The van der Waals surface area contributed by atoms with Crippen LogP contribution in [0.4, 0.5) is 30.7 Å². The maximum absolute atomic E-state index is 14.3. The van der Waals surface area contributed by atoms with Crippen LogP contribution in [0.2, 0.25) is 0 Å². The molecule has 0 aliphatic heterocycles. The van der Waals surface area contributed by atoms with Crippen LogP contribution in [-0.4, -0.2) is 12.3 Å². The summed E-state index contributed by atoms with van der Waals surface area (Å²) >= 11 is 0. The van der Waals surface area contributed by atoms with Crippen molar-refractivity contribution in [1.29, 1.82) is 0 Å². The second-order valence-corrected chi connectivity index (χ2v) is 6.51. The predicted octanol–water partition coefficient (Wildman–Crippen LogP) is 6.47. The molecule has 3 aromatic rings. The second kappa shape index (κ2) is 8.44. The number of carbonyl (C=O) groups is 1. The number of carbonyl (C=O) groups excluding carboxylic acids is 1. The maximum atomic E-state index is 14.3. The second-order valence-electron chi connectivity index (χ2n) is 6.51. The molecule has 0 N–H and O–H groups in total. The number of fused-ring (bicyclic) bond motifs is 1. The number of hydrogen-bond acceptors (Lipinski definition) is 3. The van der Waals surface area contributed by atoms with Crippen molar-refractivity contribution >= 4 is 16.7 Å². The number of aryl methyl sites for hydroxylation is 1. The Morgan fingerprint density at radius 3 is 2.16 bits per heavy atom. The van der Waals surface area contributed by atoms with Gasteiger partial charge in [-0.3, -0.25) is 0 Å². The van der Waals surface area contributed by atoms with Gasteiger partial charge in [-0.1, -0.05) is 13.3 Å². The van der Waals surface area contributed by atoms with E-state index in [1.807, 2.05) is 6.92 Å². The number of halogens is 7. The minimum atomic E-state index is -5.31. The average molecular weight is 446 g/mol. The lowest BCUT2D eigenvalue weighted by atomic mass is 10.1. The predicted molar refractivity (Wildman–Crippen MR) is 95.9 cm³/mol. The number of rotatable bonds is 5. The third-order valence-electron chi connectivity index (χ3n) is 4.23. The van der Waals surface area contributed by atoms with Crippen LogP contribution in [0.25, 0.3) is 10.8 Å². The molecule has 0 aromatic heterocycles. The Labute approximate surface area is 171 Å². The number of ether oxygens (including phenoxy) is 2. The Kier molecular flexibility index (Phi) is 6.10. The van der Waals surface area contributed by atoms with E-state index < -0.39 is 52.3 Å². The van der Waals surface area contributed by atoms with Gasteiger partial charge in [0, 0.05) is 5.39 Å². The van der Waals surface area contributed by atoms with E-state index in [4.69, 9.17) is 4.74 Å². The summed E-state index contributed by atoms with van der Waals surface area (Å²) in [5.41, 5.74) is -0.603. The molecule has 0 saturated carbocycles. The highest BCUT2D eigenvalue weighted by Gasteiger charge is 2.34. The molecule has 0 radical (unpaired) electrons. The van der Waals surface area contributed by atoms with E-state index >= 15 is 0 Å². The normalized spacial score (nSPS) is 11.6. The van der Waals surface area contributed by atoms with Crippen molar-refractivity contribution in [3.8, 4) is 11.5 Å². The molecular weight excluding hydrogens is 433 g/mol. The first kappa shape index (κ1) is 22.4. The molecule has 0 heterocycles. The zero-order chi connectivity index (χ0) is 22.9. The van der Waals surface area contributed by atoms with Crippen LogP contribution >= 0.6 is 0 Å². The standard InChI is InChI=1S/C21H13F7O3/c1-2-3-10-6-14(22)17(15(23)7-10)20(29)30-12-4-5-13-11(8-12)9-16(24)19(18(13)25)31-21(26,27)28/h4-9H,2-3H2,1H3. The first-order chi connectivity index (χ1) is 14.5. The highest BCUT2D eigenvalue weighted by atomic mass is 19.4. The summed E-state index contributed by atoms with van der Waals surface area (Å²) in [5.74, 6) is -8.91. The van der Waals surface area contributed by atoms with Crippen LogP contribution in [0.5, 0.6) is 11.5 Å². The molecule has 3 nitrogen and oxygen atoms in total. The third kappa shape index (κ3) is 4.89. The van der Waals surface area contributed by atoms with Crippen molar-refractivity contribution in [3.63, 3.8) is 0 Å². The lowest BCUT2D eigenvalue weighted by Gasteiger charge is -2.13. The Morgan fingerprint density at radius 1 is 0.935 bits per heavy atom. The van der Waals surface area contributed by atoms with Crippen LogP contribution in [0.1, 0.15) is 29.3 Å². The summed E-state index contributed by atoms with van der Waals surface area (Å²) in [4.78, 5) is 12.2. The summed E-state index contributed by atoms with van der Waals surface area (Å²) in [6, 6.07) is 5.34. The Balaban J connectivity index is 1.93. The molecule has 0 aliphatic rings. The van der Waals surface area contributed by atoms with Crippen LogP contribution in [0.15, 0.2) is 36.4 Å². The van der Waals surface area contributed by atoms with E-state index in [1.165, 1.54) is 0 Å². The topological polar surface area (TPSA) is 35.5 Å². The van der Waals surface area contributed by atoms with Crippen LogP contribution in [0, 0.1) is 23.3 Å². The first-order valence-electron chi connectivity index (χ1n) is 8.87. The third-order valence-corrected chi connectivity index (χ3v) is 4.23. The van der Waals surface area contributed by atoms with E-state index in [0.29, 0.717) is 24.5 Å². The fraction of sp³-hybridized carbons (Fsp3) is 0.190. The molecule has 0 fully saturated rings. The van der Waals surface area contributed by atoms with Gasteiger partial charge >= 0.3 is 12.3 Å². The van der Waals surface area contributed by atoms with Gasteiger partial charge in [-0.05, 0) is 53.8 Å². The number of hydrogen-bond donors (Lipinski definition) is 0. The van der Waals surface area contributed by atoms with Crippen molar-refractivity contribution in [3.05, 3.63) is 70.8 Å². The molecule has 0 bridgehead atoms. The van der Waals surface area contributed by atoms with Gasteiger partial charge in [0.25, 0.3) is 0 Å². The fourth-order valence-corrected chi connectivity index (χ4v) is 2.97. The molecule has 10 heteroatoms. The molecule has 31 heavy (non-hydrogen) atoms. The van der Waals surface area contributed by atoms with Crippen LogP contribution < -0.4 is 9.47 Å². The Morgan fingerprint density at radius 2 is 1.58 bits per heavy atom.